The minimum absolute atomic E-state index is 0.0370. The van der Waals surface area contributed by atoms with Crippen molar-refractivity contribution in [1.82, 2.24) is 14.1 Å². The van der Waals surface area contributed by atoms with E-state index in [2.05, 4.69) is 15.3 Å². The van der Waals surface area contributed by atoms with Crippen molar-refractivity contribution >= 4 is 35.4 Å². The number of ether oxygens (including phenoxy) is 1. The summed E-state index contributed by atoms with van der Waals surface area (Å²) in [6, 6.07) is 11.0. The van der Waals surface area contributed by atoms with Crippen LogP contribution in [0.3, 0.4) is 0 Å². The van der Waals surface area contributed by atoms with Gasteiger partial charge in [-0.05, 0) is 49.8 Å². The van der Waals surface area contributed by atoms with Gasteiger partial charge in [-0.15, -0.1) is 0 Å². The summed E-state index contributed by atoms with van der Waals surface area (Å²) in [6.45, 7) is 3.38. The highest BCUT2D eigenvalue weighted by Gasteiger charge is 2.22. The average molecular weight is 512 g/mol. The lowest BCUT2D eigenvalue weighted by Crippen LogP contribution is -2.44. The van der Waals surface area contributed by atoms with Crippen LogP contribution in [0.15, 0.2) is 69.2 Å². The Morgan fingerprint density at radius 3 is 2.53 bits per heavy atom. The Hall–Kier alpha value is -4.05. The van der Waals surface area contributed by atoms with E-state index in [-0.39, 0.29) is 36.6 Å². The zero-order valence-corrected chi connectivity index (χ0v) is 20.3. The molecule has 1 N–H and O–H groups in total. The first-order valence-electron chi connectivity index (χ1n) is 11.2. The number of carbonyl (C=O) groups is 1. The second kappa shape index (κ2) is 10.7. The third kappa shape index (κ3) is 5.77. The van der Waals surface area contributed by atoms with Crippen LogP contribution in [0.5, 0.6) is 5.75 Å². The number of aliphatic imine (C=N–C) groups is 1. The third-order valence-corrected chi connectivity index (χ3v) is 5.53. The van der Waals surface area contributed by atoms with Gasteiger partial charge in [0.1, 0.15) is 0 Å². The molecule has 0 saturated carbocycles. The molecule has 0 spiro atoms. The predicted molar refractivity (Wildman–Crippen MR) is 135 cm³/mol. The lowest BCUT2D eigenvalue weighted by Gasteiger charge is -2.18. The second-order valence-electron chi connectivity index (χ2n) is 8.37. The van der Waals surface area contributed by atoms with Gasteiger partial charge >= 0.3 is 11.4 Å². The molecule has 1 atom stereocenters. The van der Waals surface area contributed by atoms with Gasteiger partial charge < -0.3 is 10.1 Å². The number of hydrogen-bond donors (Lipinski definition) is 1. The molecular formula is C25H23ClFN5O4. The zero-order valence-electron chi connectivity index (χ0n) is 19.5. The highest BCUT2D eigenvalue weighted by molar-refractivity contribution is 6.30. The van der Waals surface area contributed by atoms with Crippen LogP contribution in [0.25, 0.3) is 0 Å². The monoisotopic (exact) mass is 511 g/mol. The summed E-state index contributed by atoms with van der Waals surface area (Å²) in [5.74, 6) is -1.86. The standard InChI is InChI=1S/C25H23ClFN5O4/c1-15(2)36-21-10-9-19(12-20(21)27)29-23-30-24(34)32(14-17-4-3-11-28-22(17)33)25(35)31(23)13-16-5-7-18(26)8-6-16/h3-12,15,17H,13-14H2,1-2H3,(H,29,30,34). The quantitative estimate of drug-likeness (QED) is 0.495. The number of amides is 1. The van der Waals surface area contributed by atoms with E-state index >= 15 is 0 Å². The molecule has 1 aliphatic rings. The molecule has 11 heteroatoms. The van der Waals surface area contributed by atoms with Gasteiger partial charge in [0.2, 0.25) is 5.95 Å². The molecule has 0 bridgehead atoms. The Labute approximate surface area is 210 Å². The smallest absolute Gasteiger partial charge is 0.354 e. The molecule has 0 fully saturated rings. The molecule has 0 saturated heterocycles. The number of allylic oxidation sites excluding steroid dienone is 1. The number of halogens is 2. The molecule has 1 amide bonds. The first-order valence-corrected chi connectivity index (χ1v) is 11.5. The highest BCUT2D eigenvalue weighted by atomic mass is 35.5. The molecule has 1 unspecified atom stereocenters. The van der Waals surface area contributed by atoms with Crippen molar-refractivity contribution in [1.29, 1.82) is 0 Å². The zero-order chi connectivity index (χ0) is 25.8. The maximum atomic E-state index is 14.5. The Morgan fingerprint density at radius 1 is 1.11 bits per heavy atom. The van der Waals surface area contributed by atoms with Gasteiger partial charge in [-0.2, -0.15) is 4.98 Å². The van der Waals surface area contributed by atoms with E-state index in [0.717, 1.165) is 4.57 Å². The molecule has 0 radical (unpaired) electrons. The molecule has 2 heterocycles. The first-order chi connectivity index (χ1) is 17.2. The lowest BCUT2D eigenvalue weighted by molar-refractivity contribution is -0.120. The van der Waals surface area contributed by atoms with Crippen LogP contribution in [0.1, 0.15) is 19.4 Å². The molecule has 1 aromatic heterocycles. The van der Waals surface area contributed by atoms with Crippen molar-refractivity contribution < 1.29 is 13.9 Å². The number of benzene rings is 2. The summed E-state index contributed by atoms with van der Waals surface area (Å²) in [5.41, 5.74) is -0.576. The Balaban J connectivity index is 1.74. The molecule has 0 aliphatic carbocycles. The molecule has 1 aliphatic heterocycles. The fourth-order valence-electron chi connectivity index (χ4n) is 3.57. The van der Waals surface area contributed by atoms with Crippen molar-refractivity contribution in [2.24, 2.45) is 10.9 Å². The number of rotatable bonds is 8. The van der Waals surface area contributed by atoms with Gasteiger partial charge in [0.05, 0.1) is 18.6 Å². The van der Waals surface area contributed by atoms with Crippen LogP contribution >= 0.6 is 11.6 Å². The Morgan fingerprint density at radius 2 is 1.86 bits per heavy atom. The van der Waals surface area contributed by atoms with Crippen LogP contribution in [-0.2, 0) is 17.9 Å². The first kappa shape index (κ1) is 25.1. The highest BCUT2D eigenvalue weighted by Crippen LogP contribution is 2.24. The molecule has 186 valence electrons. The summed E-state index contributed by atoms with van der Waals surface area (Å²) in [7, 11) is 0. The summed E-state index contributed by atoms with van der Waals surface area (Å²) in [5, 5.41) is 3.38. The number of dihydropyridines is 1. The van der Waals surface area contributed by atoms with Crippen LogP contribution < -0.4 is 21.4 Å². The normalized spacial score (nSPS) is 14.9. The van der Waals surface area contributed by atoms with Crippen molar-refractivity contribution in [2.45, 2.75) is 33.0 Å². The Kier molecular flexibility index (Phi) is 7.44. The summed E-state index contributed by atoms with van der Waals surface area (Å²) in [6.07, 6.45) is 4.28. The van der Waals surface area contributed by atoms with E-state index in [9.17, 15) is 18.8 Å². The van der Waals surface area contributed by atoms with Crippen molar-refractivity contribution in [2.75, 3.05) is 5.32 Å². The van der Waals surface area contributed by atoms with Crippen LogP contribution in [0.2, 0.25) is 5.02 Å². The molecule has 36 heavy (non-hydrogen) atoms. The number of nitrogens with one attached hydrogen (secondary N) is 1. The van der Waals surface area contributed by atoms with Gasteiger partial charge in [0.25, 0.3) is 5.91 Å². The maximum Gasteiger partial charge on any atom is 0.354 e. The summed E-state index contributed by atoms with van der Waals surface area (Å²) in [4.78, 5) is 46.1. The fourth-order valence-corrected chi connectivity index (χ4v) is 3.69. The van der Waals surface area contributed by atoms with Crippen LogP contribution in [0, 0.1) is 11.7 Å². The number of aromatic nitrogens is 3. The van der Waals surface area contributed by atoms with E-state index in [1.807, 2.05) is 0 Å². The number of carbonyl (C=O) groups excluding carboxylic acids is 1. The number of nitrogens with zero attached hydrogens (tertiary/aromatic N) is 4. The largest absolute Gasteiger partial charge is 0.488 e. The SMILES string of the molecule is CC(C)Oc1ccc(Nc2nc(=O)n(CC3C=CC=NC3=O)c(=O)n2Cc2ccc(Cl)cc2)cc1F. The fraction of sp³-hybridized carbons (Fsp3) is 0.240. The maximum absolute atomic E-state index is 14.5. The lowest BCUT2D eigenvalue weighted by atomic mass is 10.1. The van der Waals surface area contributed by atoms with Gasteiger partial charge in [0, 0.05) is 29.5 Å². The van der Waals surface area contributed by atoms with Gasteiger partial charge in [-0.3, -0.25) is 9.36 Å². The van der Waals surface area contributed by atoms with Gasteiger partial charge in [0.15, 0.2) is 11.6 Å². The van der Waals surface area contributed by atoms with Crippen molar-refractivity contribution in [3.63, 3.8) is 0 Å². The molecule has 2 aromatic carbocycles. The van der Waals surface area contributed by atoms with E-state index < -0.39 is 29.0 Å². The summed E-state index contributed by atoms with van der Waals surface area (Å²) < 4.78 is 22.1. The summed E-state index contributed by atoms with van der Waals surface area (Å²) >= 11 is 5.98. The average Bonchev–Trinajstić information content (AvgIpc) is 2.83. The molecule has 4 rings (SSSR count). The van der Waals surface area contributed by atoms with Gasteiger partial charge in [-0.25, -0.2) is 23.5 Å². The minimum Gasteiger partial charge on any atom is -0.488 e. The van der Waals surface area contributed by atoms with Crippen LogP contribution in [-0.4, -0.2) is 32.3 Å². The molecule has 9 nitrogen and oxygen atoms in total. The second-order valence-corrected chi connectivity index (χ2v) is 8.80. The molecular weight excluding hydrogens is 489 g/mol. The van der Waals surface area contributed by atoms with Gasteiger partial charge in [-0.1, -0.05) is 29.8 Å². The van der Waals surface area contributed by atoms with E-state index in [4.69, 9.17) is 16.3 Å². The molecule has 3 aromatic rings. The minimum atomic E-state index is -0.856. The number of anilines is 2. The predicted octanol–water partition coefficient (Wildman–Crippen LogP) is 3.56. The van der Waals surface area contributed by atoms with Crippen molar-refractivity contribution in [3.8, 4) is 5.75 Å². The Bertz CT molecular complexity index is 1460. The van der Waals surface area contributed by atoms with Crippen molar-refractivity contribution in [3.05, 3.63) is 92.0 Å². The topological polar surface area (TPSA) is 108 Å². The number of hydrogen-bond acceptors (Lipinski definition) is 6. The van der Waals surface area contributed by atoms with E-state index in [1.54, 1.807) is 56.3 Å². The third-order valence-electron chi connectivity index (χ3n) is 5.28. The van der Waals surface area contributed by atoms with E-state index in [0.29, 0.717) is 10.6 Å². The van der Waals surface area contributed by atoms with E-state index in [1.165, 1.54) is 22.9 Å². The van der Waals surface area contributed by atoms with Crippen LogP contribution in [0.4, 0.5) is 16.0 Å².